The van der Waals surface area contributed by atoms with Crippen molar-refractivity contribution in [2.45, 2.75) is 12.3 Å². The molecule has 1 aromatic heterocycles. The maximum Gasteiger partial charge on any atom is 0.257 e. The first-order valence-corrected chi connectivity index (χ1v) is 9.91. The van der Waals surface area contributed by atoms with Crippen LogP contribution in [-0.4, -0.2) is 29.8 Å². The van der Waals surface area contributed by atoms with E-state index in [2.05, 4.69) is 5.32 Å². The number of amides is 2. The monoisotopic (exact) mass is 408 g/mol. The zero-order chi connectivity index (χ0) is 20.2. The molecule has 0 aliphatic carbocycles. The van der Waals surface area contributed by atoms with Crippen LogP contribution in [0.1, 0.15) is 28.3 Å². The van der Waals surface area contributed by atoms with Crippen LogP contribution < -0.4 is 5.32 Å². The van der Waals surface area contributed by atoms with Gasteiger partial charge in [0.15, 0.2) is 0 Å². The van der Waals surface area contributed by atoms with E-state index in [9.17, 15) is 9.59 Å². The van der Waals surface area contributed by atoms with Gasteiger partial charge in [0, 0.05) is 29.7 Å². The maximum absolute atomic E-state index is 13.0. The van der Waals surface area contributed by atoms with E-state index in [-0.39, 0.29) is 23.7 Å². The first-order chi connectivity index (χ1) is 14.1. The highest BCUT2D eigenvalue weighted by Crippen LogP contribution is 2.32. The number of nitrogens with one attached hydrogen (secondary N) is 1. The van der Waals surface area contributed by atoms with Crippen LogP contribution in [0.4, 0.5) is 5.69 Å². The zero-order valence-corrected chi connectivity index (χ0v) is 16.5. The van der Waals surface area contributed by atoms with E-state index >= 15 is 0 Å². The number of furan rings is 1. The van der Waals surface area contributed by atoms with Crippen LogP contribution >= 0.6 is 11.6 Å². The Balaban J connectivity index is 1.55. The summed E-state index contributed by atoms with van der Waals surface area (Å²) in [5.41, 5.74) is 2.31. The fourth-order valence-electron chi connectivity index (χ4n) is 3.77. The van der Waals surface area contributed by atoms with Crippen molar-refractivity contribution in [2.24, 2.45) is 5.92 Å². The van der Waals surface area contributed by atoms with Gasteiger partial charge >= 0.3 is 0 Å². The molecule has 1 N–H and O–H groups in total. The minimum Gasteiger partial charge on any atom is -0.472 e. The van der Waals surface area contributed by atoms with Gasteiger partial charge in [-0.25, -0.2) is 0 Å². The fraction of sp³-hybridized carbons (Fsp3) is 0.217. The van der Waals surface area contributed by atoms with Crippen LogP contribution in [0.15, 0.2) is 77.6 Å². The van der Waals surface area contributed by atoms with Crippen molar-refractivity contribution in [3.63, 3.8) is 0 Å². The number of carbonyl (C=O) groups excluding carboxylic acids is 2. The molecule has 2 unspecified atom stereocenters. The number of halogens is 1. The Kier molecular flexibility index (Phi) is 5.67. The van der Waals surface area contributed by atoms with E-state index in [1.165, 1.54) is 12.5 Å². The molecule has 3 aromatic rings. The maximum atomic E-state index is 13.0. The van der Waals surface area contributed by atoms with Crippen LogP contribution in [0.5, 0.6) is 0 Å². The normalized spacial score (nSPS) is 19.0. The van der Waals surface area contributed by atoms with Gasteiger partial charge in [-0.2, -0.15) is 0 Å². The first kappa shape index (κ1) is 19.3. The van der Waals surface area contributed by atoms with Crippen molar-refractivity contribution in [3.05, 3.63) is 89.3 Å². The van der Waals surface area contributed by atoms with Crippen molar-refractivity contribution >= 4 is 29.1 Å². The summed E-state index contributed by atoms with van der Waals surface area (Å²) < 4.78 is 5.06. The average molecular weight is 409 g/mol. The van der Waals surface area contributed by atoms with E-state index in [1.807, 2.05) is 30.3 Å². The average Bonchev–Trinajstić information content (AvgIpc) is 3.30. The molecule has 2 atom stereocenters. The zero-order valence-electron chi connectivity index (χ0n) is 15.8. The molecule has 4 rings (SSSR count). The Bertz CT molecular complexity index is 971. The van der Waals surface area contributed by atoms with E-state index in [1.54, 1.807) is 35.2 Å². The summed E-state index contributed by atoms with van der Waals surface area (Å²) in [6.45, 7) is 0.936. The topological polar surface area (TPSA) is 62.6 Å². The molecule has 0 saturated carbocycles. The molecule has 0 spiro atoms. The number of rotatable bonds is 4. The quantitative estimate of drug-likeness (QED) is 0.673. The van der Waals surface area contributed by atoms with Gasteiger partial charge in [-0.05, 0) is 42.3 Å². The minimum absolute atomic E-state index is 0.0850. The number of piperidine rings is 1. The highest BCUT2D eigenvalue weighted by Gasteiger charge is 2.35. The molecular weight excluding hydrogens is 388 g/mol. The van der Waals surface area contributed by atoms with Crippen LogP contribution in [0.25, 0.3) is 0 Å². The second-order valence-electron chi connectivity index (χ2n) is 7.26. The summed E-state index contributed by atoms with van der Waals surface area (Å²) in [4.78, 5) is 27.7. The number of benzene rings is 2. The number of hydrogen-bond donors (Lipinski definition) is 1. The van der Waals surface area contributed by atoms with Crippen molar-refractivity contribution in [3.8, 4) is 0 Å². The van der Waals surface area contributed by atoms with Gasteiger partial charge in [0.05, 0.1) is 17.7 Å². The summed E-state index contributed by atoms with van der Waals surface area (Å²) in [6.07, 6.45) is 3.60. The molecule has 2 amide bonds. The lowest BCUT2D eigenvalue weighted by Crippen LogP contribution is -2.46. The number of hydrogen-bond acceptors (Lipinski definition) is 3. The summed E-state index contributed by atoms with van der Waals surface area (Å²) in [7, 11) is 0. The fourth-order valence-corrected chi connectivity index (χ4v) is 3.89. The van der Waals surface area contributed by atoms with E-state index in [0.717, 1.165) is 5.56 Å². The van der Waals surface area contributed by atoms with E-state index in [0.29, 0.717) is 35.8 Å². The highest BCUT2D eigenvalue weighted by atomic mass is 35.5. The van der Waals surface area contributed by atoms with Gasteiger partial charge in [0.1, 0.15) is 6.26 Å². The lowest BCUT2D eigenvalue weighted by atomic mass is 9.83. The summed E-state index contributed by atoms with van der Waals surface area (Å²) in [5, 5.41) is 3.56. The predicted molar refractivity (Wildman–Crippen MR) is 112 cm³/mol. The molecule has 1 fully saturated rings. The third kappa shape index (κ3) is 4.51. The van der Waals surface area contributed by atoms with Crippen molar-refractivity contribution in [2.75, 3.05) is 18.4 Å². The van der Waals surface area contributed by atoms with Gasteiger partial charge in [0.25, 0.3) is 5.91 Å². The second-order valence-corrected chi connectivity index (χ2v) is 7.69. The first-order valence-electron chi connectivity index (χ1n) is 9.53. The Labute approximate surface area is 174 Å². The molecule has 148 valence electrons. The molecule has 5 nitrogen and oxygen atoms in total. The number of anilines is 1. The van der Waals surface area contributed by atoms with Gasteiger partial charge in [-0.15, -0.1) is 0 Å². The number of nitrogens with zero attached hydrogens (tertiary/aromatic N) is 1. The van der Waals surface area contributed by atoms with Crippen molar-refractivity contribution in [1.82, 2.24) is 4.90 Å². The van der Waals surface area contributed by atoms with Crippen LogP contribution in [-0.2, 0) is 4.79 Å². The standard InChI is InChI=1S/C23H21ClN2O3/c24-20-6-8-21(9-7-20)25-22(27)19-12-18(16-4-2-1-3-5-16)13-26(14-19)23(28)17-10-11-29-15-17/h1-11,15,18-19H,12-14H2,(H,25,27). The molecule has 29 heavy (non-hydrogen) atoms. The molecule has 0 radical (unpaired) electrons. The third-order valence-electron chi connectivity index (χ3n) is 5.26. The van der Waals surface area contributed by atoms with Crippen molar-refractivity contribution < 1.29 is 14.0 Å². The summed E-state index contributed by atoms with van der Waals surface area (Å²) in [6, 6.07) is 18.7. The smallest absolute Gasteiger partial charge is 0.257 e. The molecule has 2 aromatic carbocycles. The van der Waals surface area contributed by atoms with Crippen molar-refractivity contribution in [1.29, 1.82) is 0 Å². The predicted octanol–water partition coefficient (Wildman–Crippen LogP) is 4.82. The van der Waals surface area contributed by atoms with Gasteiger partial charge < -0.3 is 14.6 Å². The molecule has 1 aliphatic rings. The lowest BCUT2D eigenvalue weighted by molar-refractivity contribution is -0.121. The van der Waals surface area contributed by atoms with E-state index in [4.69, 9.17) is 16.0 Å². The molecule has 1 aliphatic heterocycles. The number of carbonyl (C=O) groups is 2. The van der Waals surface area contributed by atoms with E-state index < -0.39 is 0 Å². The molecule has 0 bridgehead atoms. The highest BCUT2D eigenvalue weighted by molar-refractivity contribution is 6.30. The van der Waals surface area contributed by atoms with Crippen LogP contribution in [0.2, 0.25) is 5.02 Å². The Hall–Kier alpha value is -3.05. The summed E-state index contributed by atoms with van der Waals surface area (Å²) in [5.74, 6) is -0.455. The Morgan fingerprint density at radius 1 is 1.00 bits per heavy atom. The molecule has 1 saturated heterocycles. The van der Waals surface area contributed by atoms with Crippen LogP contribution in [0.3, 0.4) is 0 Å². The molecule has 6 heteroatoms. The minimum atomic E-state index is -0.319. The Morgan fingerprint density at radius 3 is 2.45 bits per heavy atom. The van der Waals surface area contributed by atoms with Gasteiger partial charge in [-0.3, -0.25) is 9.59 Å². The Morgan fingerprint density at radius 2 is 1.76 bits per heavy atom. The largest absolute Gasteiger partial charge is 0.472 e. The second kappa shape index (κ2) is 8.53. The SMILES string of the molecule is O=C(Nc1ccc(Cl)cc1)C1CC(c2ccccc2)CN(C(=O)c2ccoc2)C1. The van der Waals surface area contributed by atoms with Crippen LogP contribution in [0, 0.1) is 5.92 Å². The molecule has 2 heterocycles. The van der Waals surface area contributed by atoms with Gasteiger partial charge in [-0.1, -0.05) is 41.9 Å². The summed E-state index contributed by atoms with van der Waals surface area (Å²) >= 11 is 5.92. The number of likely N-dealkylation sites (tertiary alicyclic amines) is 1. The molecular formula is C23H21ClN2O3. The third-order valence-corrected chi connectivity index (χ3v) is 5.51. The van der Waals surface area contributed by atoms with Gasteiger partial charge in [0.2, 0.25) is 5.91 Å². The lowest BCUT2D eigenvalue weighted by Gasteiger charge is -2.37.